The summed E-state index contributed by atoms with van der Waals surface area (Å²) in [6.45, 7) is 7.58. The number of hydrogen-bond donors (Lipinski definition) is 2. The van der Waals surface area contributed by atoms with Crippen LogP contribution in [0.4, 0.5) is 14.9 Å². The molecular formula is C20H25FN6O2S. The first-order chi connectivity index (χ1) is 14.0. The predicted octanol–water partition coefficient (Wildman–Crippen LogP) is 4.29. The summed E-state index contributed by atoms with van der Waals surface area (Å²) in [6, 6.07) is 3.44. The molecule has 1 unspecified atom stereocenters. The van der Waals surface area contributed by atoms with Crippen molar-refractivity contribution in [1.82, 2.24) is 14.8 Å². The molecule has 2 heterocycles. The zero-order chi connectivity index (χ0) is 22.2. The monoisotopic (exact) mass is 432 g/mol. The summed E-state index contributed by atoms with van der Waals surface area (Å²) in [5.74, 6) is -0.475. The molecule has 0 aliphatic carbocycles. The third kappa shape index (κ3) is 4.34. The lowest BCUT2D eigenvalue weighted by atomic mass is 9.92. The minimum atomic E-state index is -3.55. The maximum atomic E-state index is 14.1. The number of aromatic nitrogens is 3. The fraction of sp³-hybridized carbons (Fsp3) is 0.350. The van der Waals surface area contributed by atoms with Gasteiger partial charge in [-0.25, -0.2) is 23.5 Å². The smallest absolute Gasteiger partial charge is 0.305 e. The maximum Gasteiger partial charge on any atom is 0.354 e. The van der Waals surface area contributed by atoms with Gasteiger partial charge < -0.3 is 5.32 Å². The molecular weight excluding hydrogens is 407 g/mol. The van der Waals surface area contributed by atoms with Gasteiger partial charge >= 0.3 is 6.03 Å². The van der Waals surface area contributed by atoms with Crippen molar-refractivity contribution in [3.8, 4) is 0 Å². The Morgan fingerprint density at radius 1 is 1.17 bits per heavy atom. The van der Waals surface area contributed by atoms with Crippen LogP contribution < -0.4 is 10.5 Å². The lowest BCUT2D eigenvalue weighted by Crippen LogP contribution is -2.19. The summed E-state index contributed by atoms with van der Waals surface area (Å²) >= 11 is 0. The summed E-state index contributed by atoms with van der Waals surface area (Å²) in [7, 11) is -1.82. The van der Waals surface area contributed by atoms with E-state index in [9.17, 15) is 13.4 Å². The number of pyridine rings is 1. The number of fused-ring (bicyclic) bond motifs is 1. The molecule has 3 N–H and O–H groups in total. The minimum Gasteiger partial charge on any atom is -0.305 e. The molecule has 0 saturated carbocycles. The molecule has 1 atom stereocenters. The Morgan fingerprint density at radius 3 is 2.33 bits per heavy atom. The second kappa shape index (κ2) is 8.11. The van der Waals surface area contributed by atoms with Crippen LogP contribution in [0.15, 0.2) is 39.9 Å². The van der Waals surface area contributed by atoms with Crippen LogP contribution in [0.25, 0.3) is 11.0 Å². The van der Waals surface area contributed by atoms with Gasteiger partial charge in [-0.2, -0.15) is 5.10 Å². The van der Waals surface area contributed by atoms with E-state index < -0.39 is 15.9 Å². The number of urea groups is 1. The van der Waals surface area contributed by atoms with Crippen LogP contribution in [0.1, 0.15) is 50.7 Å². The topological polar surface area (TPSA) is 115 Å². The lowest BCUT2D eigenvalue weighted by molar-refractivity contribution is 0.260. The Labute approximate surface area is 175 Å². The number of carbonyl (C=O) groups excluding carboxylic acids is 1. The zero-order valence-corrected chi connectivity index (χ0v) is 18.3. The molecule has 1 aromatic carbocycles. The summed E-state index contributed by atoms with van der Waals surface area (Å²) in [5.41, 5.74) is 2.31. The van der Waals surface area contributed by atoms with E-state index in [1.807, 2.05) is 27.7 Å². The fourth-order valence-corrected chi connectivity index (χ4v) is 4.09. The van der Waals surface area contributed by atoms with E-state index in [-0.39, 0.29) is 22.5 Å². The van der Waals surface area contributed by atoms with Crippen LogP contribution in [0.5, 0.6) is 0 Å². The molecule has 160 valence electrons. The molecule has 0 saturated heterocycles. The molecule has 2 aromatic heterocycles. The Bertz CT molecular complexity index is 1210. The summed E-state index contributed by atoms with van der Waals surface area (Å²) in [4.78, 5) is 16.9. The van der Waals surface area contributed by atoms with Crippen LogP contribution in [0.3, 0.4) is 0 Å². The number of nitrogens with one attached hydrogen (secondary N) is 1. The van der Waals surface area contributed by atoms with Crippen LogP contribution in [0.2, 0.25) is 0 Å². The first-order valence-corrected chi connectivity index (χ1v) is 11.0. The molecule has 0 fully saturated rings. The van der Waals surface area contributed by atoms with Crippen molar-refractivity contribution in [2.75, 3.05) is 5.32 Å². The van der Waals surface area contributed by atoms with Crippen molar-refractivity contribution in [3.05, 3.63) is 47.5 Å². The molecule has 0 radical (unpaired) electrons. The number of rotatable bonds is 4. The molecule has 10 heteroatoms. The standard InChI is InChI=1S/C20H25FN6O2S/c1-11(2)16-7-14(21)8-17(12(3)4)18(16)25-20(28)26-30(22,29)15-6-13-9-24-27(5)19(13)23-10-15/h6-12H,1-5H3,(H3,22,25,26,28,29). The quantitative estimate of drug-likeness (QED) is 0.640. The van der Waals surface area contributed by atoms with Gasteiger partial charge in [0.15, 0.2) is 5.65 Å². The average molecular weight is 433 g/mol. The van der Waals surface area contributed by atoms with Gasteiger partial charge in [-0.1, -0.05) is 27.7 Å². The lowest BCUT2D eigenvalue weighted by Gasteiger charge is -2.20. The number of halogens is 1. The number of amides is 2. The molecule has 8 nitrogen and oxygen atoms in total. The van der Waals surface area contributed by atoms with E-state index in [4.69, 9.17) is 5.14 Å². The Kier molecular flexibility index (Phi) is 5.91. The van der Waals surface area contributed by atoms with E-state index in [1.165, 1.54) is 18.3 Å². The highest BCUT2D eigenvalue weighted by Crippen LogP contribution is 2.33. The summed E-state index contributed by atoms with van der Waals surface area (Å²) in [5, 5.41) is 13.3. The highest BCUT2D eigenvalue weighted by atomic mass is 32.2. The van der Waals surface area contributed by atoms with Crippen LogP contribution in [-0.4, -0.2) is 25.0 Å². The Morgan fingerprint density at radius 2 is 1.77 bits per heavy atom. The first kappa shape index (κ1) is 21.8. The van der Waals surface area contributed by atoms with E-state index in [0.29, 0.717) is 27.8 Å². The summed E-state index contributed by atoms with van der Waals surface area (Å²) < 4.78 is 32.3. The van der Waals surface area contributed by atoms with E-state index in [2.05, 4.69) is 19.8 Å². The molecule has 2 amide bonds. The van der Waals surface area contributed by atoms with Crippen molar-refractivity contribution in [2.24, 2.45) is 16.5 Å². The second-order valence-electron chi connectivity index (χ2n) is 7.71. The number of aryl methyl sites for hydroxylation is 1. The Balaban J connectivity index is 2.00. The van der Waals surface area contributed by atoms with Gasteiger partial charge in [0, 0.05) is 24.3 Å². The second-order valence-corrected chi connectivity index (χ2v) is 9.50. The largest absolute Gasteiger partial charge is 0.354 e. The number of carbonyl (C=O) groups is 1. The van der Waals surface area contributed by atoms with E-state index in [0.717, 1.165) is 0 Å². The van der Waals surface area contributed by atoms with Gasteiger partial charge in [-0.3, -0.25) is 4.68 Å². The van der Waals surface area contributed by atoms with Crippen molar-refractivity contribution >= 4 is 32.7 Å². The Hall–Kier alpha value is -2.85. The number of benzene rings is 1. The molecule has 3 rings (SSSR count). The van der Waals surface area contributed by atoms with Crippen molar-refractivity contribution in [1.29, 1.82) is 0 Å². The van der Waals surface area contributed by atoms with Gasteiger partial charge in [0.25, 0.3) is 0 Å². The summed E-state index contributed by atoms with van der Waals surface area (Å²) in [6.07, 6.45) is 2.88. The van der Waals surface area contributed by atoms with Crippen molar-refractivity contribution in [2.45, 2.75) is 44.4 Å². The third-order valence-electron chi connectivity index (χ3n) is 4.74. The number of nitrogens with two attached hydrogens (primary N) is 1. The van der Waals surface area contributed by atoms with Crippen molar-refractivity contribution in [3.63, 3.8) is 0 Å². The molecule has 0 bridgehead atoms. The van der Waals surface area contributed by atoms with E-state index in [1.54, 1.807) is 24.0 Å². The minimum absolute atomic E-state index is 0.0482. The van der Waals surface area contributed by atoms with Crippen LogP contribution in [-0.2, 0) is 17.0 Å². The predicted molar refractivity (Wildman–Crippen MR) is 115 cm³/mol. The molecule has 3 aromatic rings. The number of anilines is 1. The SMILES string of the molecule is CC(C)c1cc(F)cc(C(C)C)c1NC(=O)N=S(N)(=O)c1cnc2c(cnn2C)c1. The van der Waals surface area contributed by atoms with Gasteiger partial charge in [0.05, 0.1) is 11.1 Å². The zero-order valence-electron chi connectivity index (χ0n) is 17.5. The normalized spacial score (nSPS) is 13.6. The van der Waals surface area contributed by atoms with Crippen LogP contribution in [0, 0.1) is 5.82 Å². The molecule has 30 heavy (non-hydrogen) atoms. The first-order valence-electron chi connectivity index (χ1n) is 9.46. The van der Waals surface area contributed by atoms with Gasteiger partial charge in [0.1, 0.15) is 15.7 Å². The molecule has 0 spiro atoms. The highest BCUT2D eigenvalue weighted by Gasteiger charge is 2.19. The number of hydrogen-bond acceptors (Lipinski definition) is 4. The van der Waals surface area contributed by atoms with Gasteiger partial charge in [0.2, 0.25) is 0 Å². The fourth-order valence-electron chi connectivity index (χ4n) is 3.19. The maximum absolute atomic E-state index is 14.1. The van der Waals surface area contributed by atoms with E-state index >= 15 is 0 Å². The highest BCUT2D eigenvalue weighted by molar-refractivity contribution is 7.91. The van der Waals surface area contributed by atoms with Crippen molar-refractivity contribution < 1.29 is 13.4 Å². The van der Waals surface area contributed by atoms with Gasteiger partial charge in [-0.15, -0.1) is 4.36 Å². The molecule has 0 aliphatic rings. The number of nitrogens with zero attached hydrogens (tertiary/aromatic N) is 4. The third-order valence-corrected chi connectivity index (χ3v) is 6.08. The van der Waals surface area contributed by atoms with Crippen LogP contribution >= 0.6 is 0 Å². The average Bonchev–Trinajstić information content (AvgIpc) is 3.02. The van der Waals surface area contributed by atoms with Gasteiger partial charge in [-0.05, 0) is 41.2 Å². The molecule has 0 aliphatic heterocycles.